The van der Waals surface area contributed by atoms with Gasteiger partial charge in [-0.2, -0.15) is 4.21 Å². The molecule has 0 aliphatic rings. The predicted molar refractivity (Wildman–Crippen MR) is 42.1 cm³/mol. The fourth-order valence-corrected chi connectivity index (χ4v) is 0. The average Bonchev–Trinajstić information content (AvgIpc) is 1.63. The van der Waals surface area contributed by atoms with Crippen LogP contribution < -0.4 is 0 Å². The summed E-state index contributed by atoms with van der Waals surface area (Å²) in [6.07, 6.45) is 0. The van der Waals surface area contributed by atoms with Crippen molar-refractivity contribution in [3.63, 3.8) is 0 Å². The third kappa shape index (κ3) is 34.8. The third-order valence-corrected chi connectivity index (χ3v) is 1.10. The van der Waals surface area contributed by atoms with Gasteiger partial charge in [0, 0.05) is 0 Å². The van der Waals surface area contributed by atoms with E-state index in [9.17, 15) is 8.42 Å². The molecule has 11 heteroatoms. The van der Waals surface area contributed by atoms with Crippen LogP contribution in [0.15, 0.2) is 0 Å². The Morgan fingerprint density at radius 2 is 0.818 bits per heavy atom. The molecule has 7 nitrogen and oxygen atoms in total. The minimum atomic E-state index is -2.61. The molecule has 0 radical (unpaired) electrons. The second-order valence-electron chi connectivity index (χ2n) is 0.665. The molecule has 4 N–H and O–H groups in total. The second-order valence-corrected chi connectivity index (χ2v) is 3.71. The van der Waals surface area contributed by atoms with Crippen molar-refractivity contribution in [2.45, 2.75) is 0 Å². The first kappa shape index (κ1) is 18.2. The van der Waals surface area contributed by atoms with E-state index in [2.05, 4.69) is 0 Å². The van der Waals surface area contributed by atoms with Gasteiger partial charge in [-0.25, -0.2) is 8.42 Å². The first-order chi connectivity index (χ1) is 4.37. The molecule has 0 amide bonds. The Morgan fingerprint density at radius 1 is 0.727 bits per heavy atom. The predicted octanol–water partition coefficient (Wildman–Crippen LogP) is -1.62. The van der Waals surface area contributed by atoms with Crippen LogP contribution in [0.2, 0.25) is 0 Å². The standard InChI is InChI=1S/Na.H2O4S2.H2O3S.H/c;1-5(2)6(3)4;1-4(2)3;/h;(H,1,2)(H,3,4);(H2,1,2,3);. The molecule has 0 rings (SSSR count). The zero-order chi connectivity index (χ0) is 8.73. The van der Waals surface area contributed by atoms with E-state index in [1.807, 2.05) is 0 Å². The van der Waals surface area contributed by atoms with Gasteiger partial charge in [-0.3, -0.25) is 18.2 Å². The summed E-state index contributed by atoms with van der Waals surface area (Å²) in [6, 6.07) is 0. The number of hydrogen-bond acceptors (Lipinski definition) is 3. The van der Waals surface area contributed by atoms with Crippen molar-refractivity contribution in [1.82, 2.24) is 0 Å². The van der Waals surface area contributed by atoms with Crippen molar-refractivity contribution in [2.24, 2.45) is 0 Å². The summed E-state index contributed by atoms with van der Waals surface area (Å²) >= 11 is -2.61. The third-order valence-electron chi connectivity index (χ3n) is 0.122. The Labute approximate surface area is 91.3 Å². The maximum atomic E-state index is 9.26. The zero-order valence-electron chi connectivity index (χ0n) is 4.24. The Bertz CT molecular complexity index is 136. The Kier molecular flexibility index (Phi) is 18.6. The summed E-state index contributed by atoms with van der Waals surface area (Å²) in [5, 5.41) is 0. The molecule has 0 heterocycles. The van der Waals surface area contributed by atoms with Crippen molar-refractivity contribution in [3.05, 3.63) is 0 Å². The summed E-state index contributed by atoms with van der Waals surface area (Å²) in [6.45, 7) is 0. The molecule has 0 saturated heterocycles. The van der Waals surface area contributed by atoms with E-state index in [4.69, 9.17) is 22.4 Å². The molecule has 0 bridgehead atoms. The van der Waals surface area contributed by atoms with E-state index < -0.39 is 31.6 Å². The van der Waals surface area contributed by atoms with Gasteiger partial charge >= 0.3 is 29.6 Å². The molecule has 66 valence electrons. The van der Waals surface area contributed by atoms with Gasteiger partial charge in [0.25, 0.3) is 31.6 Å². The van der Waals surface area contributed by atoms with E-state index in [-0.39, 0.29) is 29.6 Å². The second kappa shape index (κ2) is 11.3. The zero-order valence-corrected chi connectivity index (χ0v) is 6.69. The van der Waals surface area contributed by atoms with Crippen LogP contribution in [0.4, 0.5) is 0 Å². The van der Waals surface area contributed by atoms with E-state index in [0.717, 1.165) is 0 Å². The Morgan fingerprint density at radius 3 is 0.818 bits per heavy atom. The average molecular weight is 236 g/mol. The van der Waals surface area contributed by atoms with Crippen LogP contribution in [0.25, 0.3) is 0 Å². The number of hydrogen-bond donors (Lipinski definition) is 4. The van der Waals surface area contributed by atoms with Gasteiger partial charge in [-0.05, 0) is 0 Å². The Hall–Kier alpha value is 1.29. The molecule has 0 spiro atoms. The van der Waals surface area contributed by atoms with Crippen molar-refractivity contribution in [1.29, 1.82) is 0 Å². The van der Waals surface area contributed by atoms with Crippen LogP contribution in [0, 0.1) is 0 Å². The topological polar surface area (TPSA) is 132 Å². The van der Waals surface area contributed by atoms with Crippen LogP contribution in [0.3, 0.4) is 0 Å². The van der Waals surface area contributed by atoms with Crippen molar-refractivity contribution in [3.8, 4) is 0 Å². The molecule has 0 aromatic heterocycles. The van der Waals surface area contributed by atoms with Crippen molar-refractivity contribution < 1.29 is 30.8 Å². The quantitative estimate of drug-likeness (QED) is 0.244. The summed E-state index contributed by atoms with van der Waals surface area (Å²) in [5.41, 5.74) is 0. The summed E-state index contributed by atoms with van der Waals surface area (Å²) in [4.78, 5) is 0. The fourth-order valence-electron chi connectivity index (χ4n) is 0. The SMILES string of the molecule is O=S(O)O.O=S(O)S(=O)O.[NaH]. The van der Waals surface area contributed by atoms with E-state index in [1.165, 1.54) is 0 Å². The van der Waals surface area contributed by atoms with Gasteiger partial charge in [-0.15, -0.1) is 0 Å². The molecule has 0 fully saturated rings. The van der Waals surface area contributed by atoms with Gasteiger partial charge in [-0.1, -0.05) is 0 Å². The van der Waals surface area contributed by atoms with Gasteiger partial charge in [0.15, 0.2) is 0 Å². The summed E-state index contributed by atoms with van der Waals surface area (Å²) in [7, 11) is -5.18. The van der Waals surface area contributed by atoms with Crippen LogP contribution in [0.5, 0.6) is 0 Å². The first-order valence-corrected chi connectivity index (χ1v) is 5.19. The van der Waals surface area contributed by atoms with Crippen LogP contribution in [-0.2, 0) is 31.6 Å². The molecule has 0 aliphatic heterocycles. The van der Waals surface area contributed by atoms with Gasteiger partial charge in [0.2, 0.25) is 0 Å². The molecule has 0 aromatic carbocycles. The van der Waals surface area contributed by atoms with Crippen LogP contribution in [0.1, 0.15) is 0 Å². The van der Waals surface area contributed by atoms with E-state index >= 15 is 0 Å². The Balaban J connectivity index is -0.000000114. The maximum absolute atomic E-state index is 9.26. The fraction of sp³-hybridized carbons (Fsp3) is 0. The van der Waals surface area contributed by atoms with E-state index in [0.29, 0.717) is 0 Å². The number of rotatable bonds is 1. The van der Waals surface area contributed by atoms with Crippen molar-refractivity contribution in [2.75, 3.05) is 0 Å². The normalized spacial score (nSPS) is 13.9. The first-order valence-electron chi connectivity index (χ1n) is 1.40. The van der Waals surface area contributed by atoms with E-state index in [1.54, 1.807) is 0 Å². The van der Waals surface area contributed by atoms with Crippen LogP contribution >= 0.6 is 0 Å². The molecule has 11 heavy (non-hydrogen) atoms. The minimum absolute atomic E-state index is 0. The van der Waals surface area contributed by atoms with Crippen molar-refractivity contribution >= 4 is 61.1 Å². The molecule has 2 atom stereocenters. The molecule has 0 aliphatic carbocycles. The summed E-state index contributed by atoms with van der Waals surface area (Å²) < 4.78 is 56.5. The molecular formula is H5NaO7S3. The van der Waals surface area contributed by atoms with Gasteiger partial charge in [0.05, 0.1) is 0 Å². The molecule has 0 aromatic rings. The molecular weight excluding hydrogens is 231 g/mol. The van der Waals surface area contributed by atoms with Gasteiger partial charge in [0.1, 0.15) is 0 Å². The molecule has 2 unspecified atom stereocenters. The molecule has 0 saturated carbocycles. The summed E-state index contributed by atoms with van der Waals surface area (Å²) in [5.74, 6) is 0. The van der Waals surface area contributed by atoms with Gasteiger partial charge < -0.3 is 0 Å². The monoisotopic (exact) mass is 236 g/mol. The van der Waals surface area contributed by atoms with Crippen LogP contribution in [-0.4, -0.2) is 60.4 Å².